The summed E-state index contributed by atoms with van der Waals surface area (Å²) in [6, 6.07) is 0. The minimum absolute atomic E-state index is 0.0896. The Morgan fingerprint density at radius 2 is 1.83 bits per heavy atom. The van der Waals surface area contributed by atoms with Crippen molar-refractivity contribution in [2.75, 3.05) is 30.3 Å². The van der Waals surface area contributed by atoms with Crippen LogP contribution in [0.2, 0.25) is 0 Å². The van der Waals surface area contributed by atoms with Crippen molar-refractivity contribution in [1.82, 2.24) is 4.90 Å². The third kappa shape index (κ3) is 2.38. The zero-order valence-corrected chi connectivity index (χ0v) is 8.27. The molecule has 0 aromatic rings. The second-order valence-corrected chi connectivity index (χ2v) is 5.31. The van der Waals surface area contributed by atoms with E-state index in [0.29, 0.717) is 13.1 Å². The zero-order chi connectivity index (χ0) is 9.19. The first kappa shape index (κ1) is 9.85. The Morgan fingerprint density at radius 1 is 1.33 bits per heavy atom. The van der Waals surface area contributed by atoms with Crippen LogP contribution < -0.4 is 0 Å². The Kier molecular flexibility index (Phi) is 3.00. The summed E-state index contributed by atoms with van der Waals surface area (Å²) in [7, 11) is -2.88. The van der Waals surface area contributed by atoms with Gasteiger partial charge in [0.25, 0.3) is 0 Å². The van der Waals surface area contributed by atoms with Crippen LogP contribution in [0.25, 0.3) is 0 Å². The molecule has 12 heavy (non-hydrogen) atoms. The second-order valence-electron chi connectivity index (χ2n) is 2.69. The van der Waals surface area contributed by atoms with Gasteiger partial charge in [0.15, 0.2) is 9.84 Å². The Balaban J connectivity index is 2.52. The monoisotopic (exact) mass is 209 g/mol. The first-order chi connectivity index (χ1) is 5.55. The van der Waals surface area contributed by atoms with E-state index in [-0.39, 0.29) is 23.2 Å². The molecule has 0 aromatic carbocycles. The van der Waals surface area contributed by atoms with Gasteiger partial charge in [-0.1, -0.05) is 0 Å². The van der Waals surface area contributed by atoms with Gasteiger partial charge >= 0.3 is 0 Å². The van der Waals surface area contributed by atoms with Crippen molar-refractivity contribution < 1.29 is 13.2 Å². The van der Waals surface area contributed by atoms with Gasteiger partial charge in [-0.3, -0.25) is 4.79 Å². The fourth-order valence-corrected chi connectivity index (χ4v) is 2.46. The Bertz CT molecular complexity index is 259. The predicted octanol–water partition coefficient (Wildman–Crippen LogP) is -0.827. The van der Waals surface area contributed by atoms with Gasteiger partial charge in [-0.15, -0.1) is 0 Å². The number of amides is 1. The second kappa shape index (κ2) is 3.66. The predicted molar refractivity (Wildman–Crippen MR) is 49.1 cm³/mol. The molecule has 0 bridgehead atoms. The molecule has 0 aromatic heterocycles. The van der Waals surface area contributed by atoms with Crippen LogP contribution >= 0.6 is 12.6 Å². The average molecular weight is 209 g/mol. The van der Waals surface area contributed by atoms with Gasteiger partial charge in [0.2, 0.25) is 5.91 Å². The molecule has 1 aliphatic heterocycles. The fraction of sp³-hybridized carbons (Fsp3) is 0.833. The smallest absolute Gasteiger partial charge is 0.232 e. The van der Waals surface area contributed by atoms with E-state index in [1.165, 1.54) is 4.90 Å². The van der Waals surface area contributed by atoms with Gasteiger partial charge in [-0.05, 0) is 0 Å². The first-order valence-corrected chi connectivity index (χ1v) is 6.09. The SMILES string of the molecule is O=C(CS)N1CCS(=O)(=O)CC1. The largest absolute Gasteiger partial charge is 0.340 e. The Hall–Kier alpha value is -0.230. The molecule has 0 spiro atoms. The number of thiol groups is 1. The van der Waals surface area contributed by atoms with Crippen LogP contribution in [0.15, 0.2) is 0 Å². The van der Waals surface area contributed by atoms with E-state index < -0.39 is 9.84 Å². The summed E-state index contributed by atoms with van der Waals surface area (Å²) in [5.74, 6) is 0.243. The zero-order valence-electron chi connectivity index (χ0n) is 6.56. The average Bonchev–Trinajstić information content (AvgIpc) is 2.03. The lowest BCUT2D eigenvalue weighted by Gasteiger charge is -2.25. The van der Waals surface area contributed by atoms with E-state index in [2.05, 4.69) is 12.6 Å². The summed E-state index contributed by atoms with van der Waals surface area (Å²) in [5, 5.41) is 0. The lowest BCUT2D eigenvalue weighted by molar-refractivity contribution is -0.127. The van der Waals surface area contributed by atoms with E-state index in [4.69, 9.17) is 0 Å². The van der Waals surface area contributed by atoms with Crippen molar-refractivity contribution in [3.8, 4) is 0 Å². The minimum atomic E-state index is -2.88. The molecule has 1 fully saturated rings. The van der Waals surface area contributed by atoms with Gasteiger partial charge < -0.3 is 4.90 Å². The molecule has 0 aliphatic carbocycles. The molecule has 1 amide bonds. The summed E-state index contributed by atoms with van der Waals surface area (Å²) in [6.07, 6.45) is 0. The summed E-state index contributed by atoms with van der Waals surface area (Å²) in [4.78, 5) is 12.6. The first-order valence-electron chi connectivity index (χ1n) is 3.64. The highest BCUT2D eigenvalue weighted by Crippen LogP contribution is 2.04. The van der Waals surface area contributed by atoms with Crippen molar-refractivity contribution in [3.05, 3.63) is 0 Å². The van der Waals surface area contributed by atoms with Crippen LogP contribution in [0.3, 0.4) is 0 Å². The van der Waals surface area contributed by atoms with E-state index in [1.807, 2.05) is 0 Å². The number of nitrogens with zero attached hydrogens (tertiary/aromatic N) is 1. The highest BCUT2D eigenvalue weighted by molar-refractivity contribution is 7.91. The Labute approximate surface area is 77.3 Å². The van der Waals surface area contributed by atoms with Crippen molar-refractivity contribution in [3.63, 3.8) is 0 Å². The van der Waals surface area contributed by atoms with Crippen LogP contribution in [0.4, 0.5) is 0 Å². The standard InChI is InChI=1S/C6H11NO3S2/c8-6(5-11)7-1-3-12(9,10)4-2-7/h11H,1-5H2. The molecule has 0 radical (unpaired) electrons. The quantitative estimate of drug-likeness (QED) is 0.574. The molecule has 70 valence electrons. The number of hydrogen-bond acceptors (Lipinski definition) is 4. The molecule has 6 heteroatoms. The van der Waals surface area contributed by atoms with E-state index in [1.54, 1.807) is 0 Å². The van der Waals surface area contributed by atoms with E-state index in [9.17, 15) is 13.2 Å². The molecule has 1 aliphatic rings. The molecule has 0 atom stereocenters. The highest BCUT2D eigenvalue weighted by Gasteiger charge is 2.23. The number of hydrogen-bond donors (Lipinski definition) is 1. The maximum absolute atomic E-state index is 11.0. The molecular weight excluding hydrogens is 198 g/mol. The number of sulfone groups is 1. The number of carbonyl (C=O) groups excluding carboxylic acids is 1. The Morgan fingerprint density at radius 3 is 2.25 bits per heavy atom. The van der Waals surface area contributed by atoms with Crippen LogP contribution in [0, 0.1) is 0 Å². The summed E-state index contributed by atoms with van der Waals surface area (Å²) in [6.45, 7) is 0.642. The van der Waals surface area contributed by atoms with Gasteiger partial charge in [0.05, 0.1) is 17.3 Å². The molecule has 0 unspecified atom stereocenters. The van der Waals surface area contributed by atoms with Crippen molar-refractivity contribution in [2.45, 2.75) is 0 Å². The molecule has 1 saturated heterocycles. The number of rotatable bonds is 1. The topological polar surface area (TPSA) is 54.5 Å². The van der Waals surface area contributed by atoms with Gasteiger partial charge in [-0.25, -0.2) is 8.42 Å². The van der Waals surface area contributed by atoms with E-state index in [0.717, 1.165) is 0 Å². The minimum Gasteiger partial charge on any atom is -0.340 e. The lowest BCUT2D eigenvalue weighted by atomic mass is 10.5. The van der Waals surface area contributed by atoms with Crippen molar-refractivity contribution in [2.24, 2.45) is 0 Å². The molecule has 4 nitrogen and oxygen atoms in total. The summed E-state index contributed by atoms with van der Waals surface area (Å²) in [5.41, 5.74) is 0. The van der Waals surface area contributed by atoms with Crippen molar-refractivity contribution in [1.29, 1.82) is 0 Å². The van der Waals surface area contributed by atoms with Gasteiger partial charge in [0, 0.05) is 13.1 Å². The third-order valence-corrected chi connectivity index (χ3v) is 3.71. The maximum atomic E-state index is 11.0. The van der Waals surface area contributed by atoms with Crippen LogP contribution in [0.5, 0.6) is 0 Å². The molecule has 1 heterocycles. The molecule has 1 rings (SSSR count). The lowest BCUT2D eigenvalue weighted by Crippen LogP contribution is -2.44. The molecular formula is C6H11NO3S2. The van der Waals surface area contributed by atoms with Crippen LogP contribution in [0.1, 0.15) is 0 Å². The third-order valence-electron chi connectivity index (χ3n) is 1.83. The van der Waals surface area contributed by atoms with Gasteiger partial charge in [-0.2, -0.15) is 12.6 Å². The summed E-state index contributed by atoms with van der Waals surface area (Å²) >= 11 is 3.83. The number of carbonyl (C=O) groups is 1. The van der Waals surface area contributed by atoms with Crippen LogP contribution in [-0.2, 0) is 14.6 Å². The van der Waals surface area contributed by atoms with Crippen LogP contribution in [-0.4, -0.2) is 49.6 Å². The van der Waals surface area contributed by atoms with E-state index >= 15 is 0 Å². The summed E-state index contributed by atoms with van der Waals surface area (Å²) < 4.78 is 21.9. The van der Waals surface area contributed by atoms with Gasteiger partial charge in [0.1, 0.15) is 0 Å². The normalized spacial score (nSPS) is 22.2. The van der Waals surface area contributed by atoms with Crippen molar-refractivity contribution >= 4 is 28.4 Å². The highest BCUT2D eigenvalue weighted by atomic mass is 32.2. The fourth-order valence-electron chi connectivity index (χ4n) is 1.06. The molecule has 0 saturated carbocycles. The maximum Gasteiger partial charge on any atom is 0.232 e. The molecule has 0 N–H and O–H groups in total.